The van der Waals surface area contributed by atoms with E-state index in [-0.39, 0.29) is 12.1 Å². The van der Waals surface area contributed by atoms with Gasteiger partial charge < -0.3 is 10.1 Å². The molecule has 2 atom stereocenters. The van der Waals surface area contributed by atoms with Crippen molar-refractivity contribution >= 4 is 11.6 Å². The molecule has 2 nitrogen and oxygen atoms in total. The van der Waals surface area contributed by atoms with Crippen LogP contribution in [0.25, 0.3) is 0 Å². The van der Waals surface area contributed by atoms with Crippen LogP contribution in [0.5, 0.6) is 5.75 Å². The smallest absolute Gasteiger partial charge is 0.123 e. The van der Waals surface area contributed by atoms with Crippen LogP contribution < -0.4 is 10.1 Å². The van der Waals surface area contributed by atoms with E-state index in [1.807, 2.05) is 24.3 Å². The quantitative estimate of drug-likeness (QED) is 0.796. The molecule has 0 aromatic heterocycles. The summed E-state index contributed by atoms with van der Waals surface area (Å²) in [6.07, 6.45) is 0.998. The highest BCUT2D eigenvalue weighted by Gasteiger charge is 2.17. The maximum Gasteiger partial charge on any atom is 0.123 e. The lowest BCUT2D eigenvalue weighted by Gasteiger charge is -2.24. The predicted molar refractivity (Wildman–Crippen MR) is 89.0 cm³/mol. The van der Waals surface area contributed by atoms with Gasteiger partial charge in [0, 0.05) is 22.7 Å². The maximum absolute atomic E-state index is 5.95. The van der Waals surface area contributed by atoms with Crippen molar-refractivity contribution in [2.75, 3.05) is 7.11 Å². The van der Waals surface area contributed by atoms with Crippen molar-refractivity contribution in [3.63, 3.8) is 0 Å². The number of benzene rings is 2. The van der Waals surface area contributed by atoms with Crippen molar-refractivity contribution in [1.82, 2.24) is 5.32 Å². The minimum atomic E-state index is 0.247. The van der Waals surface area contributed by atoms with Crippen molar-refractivity contribution in [2.45, 2.75) is 32.4 Å². The summed E-state index contributed by atoms with van der Waals surface area (Å²) in [7, 11) is 1.72. The molecule has 0 saturated carbocycles. The van der Waals surface area contributed by atoms with Gasteiger partial charge in [-0.15, -0.1) is 0 Å². The molecule has 0 fully saturated rings. The lowest BCUT2D eigenvalue weighted by atomic mass is 10.0. The molecule has 0 bridgehead atoms. The Labute approximate surface area is 132 Å². The SMILES string of the molecule is CCC(N[C@H](C)c1ccc(Cl)cc1)c1ccccc1OC. The van der Waals surface area contributed by atoms with E-state index in [0.29, 0.717) is 0 Å². The molecular formula is C18H22ClNO. The number of para-hydroxylation sites is 1. The number of hydrogen-bond acceptors (Lipinski definition) is 2. The Kier molecular flexibility index (Phi) is 5.66. The van der Waals surface area contributed by atoms with Crippen LogP contribution in [0, 0.1) is 0 Å². The minimum Gasteiger partial charge on any atom is -0.496 e. The van der Waals surface area contributed by atoms with Gasteiger partial charge in [-0.2, -0.15) is 0 Å². The van der Waals surface area contributed by atoms with E-state index in [0.717, 1.165) is 17.2 Å². The Hall–Kier alpha value is -1.51. The molecule has 0 radical (unpaired) electrons. The van der Waals surface area contributed by atoms with E-state index in [1.165, 1.54) is 11.1 Å². The van der Waals surface area contributed by atoms with Crippen LogP contribution in [0.4, 0.5) is 0 Å². The second-order valence-corrected chi connectivity index (χ2v) is 5.58. The fourth-order valence-electron chi connectivity index (χ4n) is 2.53. The summed E-state index contributed by atoms with van der Waals surface area (Å²) in [6, 6.07) is 16.7. The molecule has 0 aliphatic rings. The molecule has 0 aliphatic heterocycles. The highest BCUT2D eigenvalue weighted by Crippen LogP contribution is 2.29. The normalized spacial score (nSPS) is 13.7. The first-order valence-corrected chi connectivity index (χ1v) is 7.68. The molecule has 0 saturated heterocycles. The lowest BCUT2D eigenvalue weighted by Crippen LogP contribution is -2.24. The van der Waals surface area contributed by atoms with E-state index in [1.54, 1.807) is 7.11 Å². The molecule has 1 unspecified atom stereocenters. The number of nitrogens with one attached hydrogen (secondary N) is 1. The monoisotopic (exact) mass is 303 g/mol. The van der Waals surface area contributed by atoms with Gasteiger partial charge in [0.2, 0.25) is 0 Å². The largest absolute Gasteiger partial charge is 0.496 e. The van der Waals surface area contributed by atoms with Crippen LogP contribution in [-0.4, -0.2) is 7.11 Å². The van der Waals surface area contributed by atoms with Crippen LogP contribution in [0.3, 0.4) is 0 Å². The van der Waals surface area contributed by atoms with E-state index >= 15 is 0 Å². The van der Waals surface area contributed by atoms with Crippen LogP contribution in [0.15, 0.2) is 48.5 Å². The zero-order valence-electron chi connectivity index (χ0n) is 12.8. The molecule has 0 aliphatic carbocycles. The van der Waals surface area contributed by atoms with Crippen molar-refractivity contribution in [3.05, 3.63) is 64.7 Å². The van der Waals surface area contributed by atoms with Gasteiger partial charge in [-0.3, -0.25) is 0 Å². The van der Waals surface area contributed by atoms with Crippen LogP contribution >= 0.6 is 11.6 Å². The Morgan fingerprint density at radius 1 is 1.10 bits per heavy atom. The molecule has 0 amide bonds. The minimum absolute atomic E-state index is 0.247. The Morgan fingerprint density at radius 2 is 1.76 bits per heavy atom. The Morgan fingerprint density at radius 3 is 2.38 bits per heavy atom. The average molecular weight is 304 g/mol. The molecule has 0 spiro atoms. The van der Waals surface area contributed by atoms with E-state index in [2.05, 4.69) is 43.4 Å². The molecule has 3 heteroatoms. The molecular weight excluding hydrogens is 282 g/mol. The number of ether oxygens (including phenoxy) is 1. The van der Waals surface area contributed by atoms with Crippen LogP contribution in [0.2, 0.25) is 5.02 Å². The summed E-state index contributed by atoms with van der Waals surface area (Å²) in [6.45, 7) is 4.35. The zero-order chi connectivity index (χ0) is 15.2. The van der Waals surface area contributed by atoms with Gasteiger partial charge in [-0.05, 0) is 37.1 Å². The molecule has 112 valence electrons. The third-order valence-corrected chi connectivity index (χ3v) is 4.00. The number of hydrogen-bond donors (Lipinski definition) is 1. The Balaban J connectivity index is 2.16. The fourth-order valence-corrected chi connectivity index (χ4v) is 2.66. The lowest BCUT2D eigenvalue weighted by molar-refractivity contribution is 0.388. The Bertz CT molecular complexity index is 568. The molecule has 1 N–H and O–H groups in total. The third kappa shape index (κ3) is 3.99. The topological polar surface area (TPSA) is 21.3 Å². The van der Waals surface area contributed by atoms with Gasteiger partial charge in [0.1, 0.15) is 5.75 Å². The van der Waals surface area contributed by atoms with E-state index < -0.39 is 0 Å². The van der Waals surface area contributed by atoms with Crippen LogP contribution in [0.1, 0.15) is 43.5 Å². The van der Waals surface area contributed by atoms with E-state index in [9.17, 15) is 0 Å². The summed E-state index contributed by atoms with van der Waals surface area (Å²) in [5, 5.41) is 4.44. The predicted octanol–water partition coefficient (Wildman–Crippen LogP) is 5.15. The molecule has 0 heterocycles. The van der Waals surface area contributed by atoms with E-state index in [4.69, 9.17) is 16.3 Å². The van der Waals surface area contributed by atoms with Gasteiger partial charge in [0.15, 0.2) is 0 Å². The van der Waals surface area contributed by atoms with Gasteiger partial charge >= 0.3 is 0 Å². The number of methoxy groups -OCH3 is 1. The average Bonchev–Trinajstić information content (AvgIpc) is 2.53. The van der Waals surface area contributed by atoms with Gasteiger partial charge in [-0.1, -0.05) is 48.9 Å². The number of rotatable bonds is 6. The highest BCUT2D eigenvalue weighted by molar-refractivity contribution is 6.30. The summed E-state index contributed by atoms with van der Waals surface area (Å²) >= 11 is 5.95. The summed E-state index contributed by atoms with van der Waals surface area (Å²) in [4.78, 5) is 0. The summed E-state index contributed by atoms with van der Waals surface area (Å²) in [5.41, 5.74) is 2.43. The maximum atomic E-state index is 5.95. The summed E-state index contributed by atoms with van der Waals surface area (Å²) < 4.78 is 5.47. The highest BCUT2D eigenvalue weighted by atomic mass is 35.5. The first kappa shape index (κ1) is 15.9. The van der Waals surface area contributed by atoms with Crippen molar-refractivity contribution in [1.29, 1.82) is 0 Å². The molecule has 2 aromatic rings. The second kappa shape index (κ2) is 7.48. The van der Waals surface area contributed by atoms with Crippen LogP contribution in [-0.2, 0) is 0 Å². The molecule has 2 aromatic carbocycles. The zero-order valence-corrected chi connectivity index (χ0v) is 13.5. The first-order chi connectivity index (χ1) is 10.2. The summed E-state index contributed by atoms with van der Waals surface area (Å²) in [5.74, 6) is 0.931. The van der Waals surface area contributed by atoms with Crippen molar-refractivity contribution in [2.24, 2.45) is 0 Å². The van der Waals surface area contributed by atoms with Gasteiger partial charge in [0.05, 0.1) is 7.11 Å². The van der Waals surface area contributed by atoms with Gasteiger partial charge in [0.25, 0.3) is 0 Å². The third-order valence-electron chi connectivity index (χ3n) is 3.74. The molecule has 2 rings (SSSR count). The van der Waals surface area contributed by atoms with Gasteiger partial charge in [-0.25, -0.2) is 0 Å². The number of halogens is 1. The fraction of sp³-hybridized carbons (Fsp3) is 0.333. The first-order valence-electron chi connectivity index (χ1n) is 7.30. The van der Waals surface area contributed by atoms with Crippen molar-refractivity contribution < 1.29 is 4.74 Å². The molecule has 21 heavy (non-hydrogen) atoms. The standard InChI is InChI=1S/C18H22ClNO/c1-4-17(16-7-5-6-8-18(16)21-3)20-13(2)14-9-11-15(19)12-10-14/h5-13,17,20H,4H2,1-3H3/t13-,17?/m1/s1. The second-order valence-electron chi connectivity index (χ2n) is 5.14. The van der Waals surface area contributed by atoms with Crippen molar-refractivity contribution in [3.8, 4) is 5.75 Å².